The number of nitrogens with one attached hydrogen (secondary N) is 1. The van der Waals surface area contributed by atoms with Crippen LogP contribution in [0.15, 0.2) is 36.5 Å². The zero-order valence-electron chi connectivity index (χ0n) is 12.2. The van der Waals surface area contributed by atoms with Crippen molar-refractivity contribution in [3.05, 3.63) is 52.1 Å². The van der Waals surface area contributed by atoms with Gasteiger partial charge in [0.15, 0.2) is 0 Å². The topological polar surface area (TPSA) is 62.3 Å². The fraction of sp³-hybridized carbons (Fsp3) is 0.118. The molecular formula is C17H13Cl2NO3. The van der Waals surface area contributed by atoms with Crippen molar-refractivity contribution in [3.8, 4) is 16.9 Å². The molecule has 0 saturated heterocycles. The molecule has 118 valence electrons. The third-order valence-electron chi connectivity index (χ3n) is 3.67. The average molecular weight is 350 g/mol. The Kier molecular flexibility index (Phi) is 4.20. The highest BCUT2D eigenvalue weighted by molar-refractivity contribution is 6.44. The molecule has 3 aromatic rings. The van der Waals surface area contributed by atoms with Gasteiger partial charge in [0.25, 0.3) is 0 Å². The van der Waals surface area contributed by atoms with E-state index in [1.54, 1.807) is 25.4 Å². The summed E-state index contributed by atoms with van der Waals surface area (Å²) in [5, 5.41) is 10.7. The third kappa shape index (κ3) is 2.76. The molecule has 0 radical (unpaired) electrons. The third-order valence-corrected chi connectivity index (χ3v) is 4.49. The fourth-order valence-corrected chi connectivity index (χ4v) is 3.11. The first-order valence-electron chi connectivity index (χ1n) is 6.86. The van der Waals surface area contributed by atoms with Gasteiger partial charge in [-0.05, 0) is 23.8 Å². The van der Waals surface area contributed by atoms with Crippen LogP contribution in [0.25, 0.3) is 22.0 Å². The predicted molar refractivity (Wildman–Crippen MR) is 91.6 cm³/mol. The van der Waals surface area contributed by atoms with E-state index in [1.165, 1.54) is 0 Å². The Hall–Kier alpha value is -2.17. The smallest absolute Gasteiger partial charge is 0.307 e. The molecule has 0 saturated carbocycles. The first-order valence-corrected chi connectivity index (χ1v) is 7.61. The first-order chi connectivity index (χ1) is 11.0. The Morgan fingerprint density at radius 2 is 2.04 bits per heavy atom. The van der Waals surface area contributed by atoms with Gasteiger partial charge in [0.2, 0.25) is 0 Å². The maximum Gasteiger partial charge on any atom is 0.307 e. The summed E-state index contributed by atoms with van der Waals surface area (Å²) >= 11 is 12.5. The summed E-state index contributed by atoms with van der Waals surface area (Å²) in [5.74, 6) is -0.301. The number of aromatic amines is 1. The van der Waals surface area contributed by atoms with Crippen LogP contribution >= 0.6 is 23.2 Å². The van der Waals surface area contributed by atoms with Crippen molar-refractivity contribution < 1.29 is 14.6 Å². The molecule has 0 aliphatic rings. The molecule has 2 aromatic carbocycles. The highest BCUT2D eigenvalue weighted by Gasteiger charge is 2.19. The zero-order valence-corrected chi connectivity index (χ0v) is 13.7. The molecule has 0 unspecified atom stereocenters. The molecule has 0 fully saturated rings. The second kappa shape index (κ2) is 6.14. The normalized spacial score (nSPS) is 10.9. The monoisotopic (exact) mass is 349 g/mol. The predicted octanol–water partition coefficient (Wildman–Crippen LogP) is 4.78. The molecule has 0 atom stereocenters. The van der Waals surface area contributed by atoms with Gasteiger partial charge in [-0.15, -0.1) is 0 Å². The maximum atomic E-state index is 11.1. The van der Waals surface area contributed by atoms with Crippen LogP contribution in [-0.2, 0) is 11.2 Å². The van der Waals surface area contributed by atoms with Gasteiger partial charge in [-0.3, -0.25) is 4.79 Å². The van der Waals surface area contributed by atoms with Gasteiger partial charge >= 0.3 is 5.97 Å². The molecule has 0 aliphatic heterocycles. The van der Waals surface area contributed by atoms with Crippen molar-refractivity contribution in [2.24, 2.45) is 0 Å². The number of ether oxygens (including phenoxy) is 1. The summed E-state index contributed by atoms with van der Waals surface area (Å²) in [7, 11) is 1.56. The van der Waals surface area contributed by atoms with Gasteiger partial charge in [-0.2, -0.15) is 0 Å². The van der Waals surface area contributed by atoms with Crippen molar-refractivity contribution in [1.82, 2.24) is 4.98 Å². The highest BCUT2D eigenvalue weighted by Crippen LogP contribution is 2.43. The molecule has 0 amide bonds. The van der Waals surface area contributed by atoms with E-state index in [9.17, 15) is 4.79 Å². The lowest BCUT2D eigenvalue weighted by Gasteiger charge is -2.13. The highest BCUT2D eigenvalue weighted by atomic mass is 35.5. The molecule has 3 rings (SSSR count). The van der Waals surface area contributed by atoms with E-state index in [0.29, 0.717) is 26.9 Å². The second-order valence-corrected chi connectivity index (χ2v) is 5.84. The van der Waals surface area contributed by atoms with Crippen LogP contribution < -0.4 is 4.74 Å². The van der Waals surface area contributed by atoms with Gasteiger partial charge in [-0.1, -0.05) is 35.3 Å². The minimum Gasteiger partial charge on any atom is -0.496 e. The van der Waals surface area contributed by atoms with E-state index in [4.69, 9.17) is 33.0 Å². The average Bonchev–Trinajstić information content (AvgIpc) is 2.92. The van der Waals surface area contributed by atoms with Gasteiger partial charge in [0.05, 0.1) is 23.6 Å². The lowest BCUT2D eigenvalue weighted by atomic mass is 9.97. The van der Waals surface area contributed by atoms with E-state index in [1.807, 2.05) is 18.2 Å². The molecule has 1 aromatic heterocycles. The Bertz CT molecular complexity index is 902. The number of aliphatic carboxylic acids is 1. The van der Waals surface area contributed by atoms with Crippen molar-refractivity contribution in [3.63, 3.8) is 0 Å². The number of fused-ring (bicyclic) bond motifs is 1. The van der Waals surface area contributed by atoms with Crippen LogP contribution in [0.1, 0.15) is 5.56 Å². The van der Waals surface area contributed by atoms with E-state index in [0.717, 1.165) is 16.5 Å². The standard InChI is InChI=1S/C17H13Cl2NO3/c1-23-13-6-5-12-15(9(8-20-12)7-14(21)22)16(13)10-3-2-4-11(18)17(10)19/h2-6,8,20H,7H2,1H3,(H,21,22). The second-order valence-electron chi connectivity index (χ2n) is 5.05. The Morgan fingerprint density at radius 3 is 2.74 bits per heavy atom. The quantitative estimate of drug-likeness (QED) is 0.712. The Labute approximate surface area is 142 Å². The van der Waals surface area contributed by atoms with Gasteiger partial charge in [-0.25, -0.2) is 0 Å². The molecule has 6 heteroatoms. The van der Waals surface area contributed by atoms with Crippen LogP contribution in [0.5, 0.6) is 5.75 Å². The van der Waals surface area contributed by atoms with Gasteiger partial charge < -0.3 is 14.8 Å². The summed E-state index contributed by atoms with van der Waals surface area (Å²) in [6, 6.07) is 9.00. The number of carbonyl (C=O) groups is 1. The molecular weight excluding hydrogens is 337 g/mol. The van der Waals surface area contributed by atoms with Crippen LogP contribution in [0.4, 0.5) is 0 Å². The van der Waals surface area contributed by atoms with Crippen LogP contribution in [-0.4, -0.2) is 23.2 Å². The van der Waals surface area contributed by atoms with Crippen LogP contribution in [0, 0.1) is 0 Å². The van der Waals surface area contributed by atoms with Crippen molar-refractivity contribution in [2.45, 2.75) is 6.42 Å². The summed E-state index contributed by atoms with van der Waals surface area (Å²) in [6.45, 7) is 0. The molecule has 23 heavy (non-hydrogen) atoms. The summed E-state index contributed by atoms with van der Waals surface area (Å²) in [5.41, 5.74) is 2.91. The van der Waals surface area contributed by atoms with Gasteiger partial charge in [0.1, 0.15) is 5.75 Å². The van der Waals surface area contributed by atoms with E-state index in [-0.39, 0.29) is 6.42 Å². The molecule has 0 aliphatic carbocycles. The number of hydrogen-bond acceptors (Lipinski definition) is 2. The molecule has 0 spiro atoms. The zero-order chi connectivity index (χ0) is 16.6. The summed E-state index contributed by atoms with van der Waals surface area (Å²) < 4.78 is 5.47. The lowest BCUT2D eigenvalue weighted by molar-refractivity contribution is -0.136. The largest absolute Gasteiger partial charge is 0.496 e. The van der Waals surface area contributed by atoms with E-state index in [2.05, 4.69) is 4.98 Å². The van der Waals surface area contributed by atoms with Gasteiger partial charge in [0, 0.05) is 28.2 Å². The van der Waals surface area contributed by atoms with Crippen molar-refractivity contribution >= 4 is 40.1 Å². The number of rotatable bonds is 4. The number of carboxylic acids is 1. The number of methoxy groups -OCH3 is 1. The number of halogens is 2. The number of hydrogen-bond donors (Lipinski definition) is 2. The van der Waals surface area contributed by atoms with E-state index >= 15 is 0 Å². The Morgan fingerprint density at radius 1 is 1.26 bits per heavy atom. The van der Waals surface area contributed by atoms with Crippen molar-refractivity contribution in [2.75, 3.05) is 7.11 Å². The lowest BCUT2D eigenvalue weighted by Crippen LogP contribution is -2.00. The first kappa shape index (κ1) is 15.7. The number of aromatic nitrogens is 1. The van der Waals surface area contributed by atoms with Crippen LogP contribution in [0.2, 0.25) is 10.0 Å². The minimum atomic E-state index is -0.906. The van der Waals surface area contributed by atoms with Crippen LogP contribution in [0.3, 0.4) is 0 Å². The number of benzene rings is 2. The molecule has 2 N–H and O–H groups in total. The summed E-state index contributed by atoms with van der Waals surface area (Å²) in [4.78, 5) is 14.2. The summed E-state index contributed by atoms with van der Waals surface area (Å²) in [6.07, 6.45) is 1.60. The molecule has 4 nitrogen and oxygen atoms in total. The minimum absolute atomic E-state index is 0.0989. The fourth-order valence-electron chi connectivity index (χ4n) is 2.71. The SMILES string of the molecule is COc1ccc2[nH]cc(CC(=O)O)c2c1-c1cccc(Cl)c1Cl. The molecule has 0 bridgehead atoms. The van der Waals surface area contributed by atoms with E-state index < -0.39 is 5.97 Å². The number of H-pyrrole nitrogens is 1. The number of carboxylic acid groups (broad SMARTS) is 1. The maximum absolute atomic E-state index is 11.1. The molecule has 1 heterocycles. The van der Waals surface area contributed by atoms with Crippen molar-refractivity contribution in [1.29, 1.82) is 0 Å². The Balaban J connectivity index is 2.38.